The van der Waals surface area contributed by atoms with Crippen molar-refractivity contribution < 1.29 is 9.53 Å². The van der Waals surface area contributed by atoms with Crippen LogP contribution in [0.25, 0.3) is 11.3 Å². The Balaban J connectivity index is 1.78. The number of hydrogen-bond donors (Lipinski definition) is 1. The summed E-state index contributed by atoms with van der Waals surface area (Å²) in [6.45, 7) is 0. The van der Waals surface area contributed by atoms with Crippen LogP contribution in [0.4, 0.5) is 5.82 Å². The topological polar surface area (TPSA) is 81.9 Å². The number of amides is 1. The van der Waals surface area contributed by atoms with Crippen molar-refractivity contribution in [1.82, 2.24) is 19.7 Å². The minimum atomic E-state index is -0.281. The first-order valence-electron chi connectivity index (χ1n) is 7.46. The van der Waals surface area contributed by atoms with E-state index in [1.54, 1.807) is 18.8 Å². The van der Waals surface area contributed by atoms with Gasteiger partial charge in [0.25, 0.3) is 5.91 Å². The van der Waals surface area contributed by atoms with Crippen LogP contribution >= 0.6 is 11.8 Å². The molecule has 8 heteroatoms. The zero-order valence-corrected chi connectivity index (χ0v) is 14.9. The van der Waals surface area contributed by atoms with Crippen molar-refractivity contribution in [2.45, 2.75) is 5.16 Å². The Bertz CT molecular complexity index is 875. The van der Waals surface area contributed by atoms with Gasteiger partial charge >= 0.3 is 0 Å². The average molecular weight is 355 g/mol. The Kier molecular flexibility index (Phi) is 4.99. The summed E-state index contributed by atoms with van der Waals surface area (Å²) in [5, 5.41) is 7.89. The Morgan fingerprint density at radius 3 is 2.48 bits per heavy atom. The predicted molar refractivity (Wildman–Crippen MR) is 97.0 cm³/mol. The number of methoxy groups -OCH3 is 1. The molecule has 0 aliphatic carbocycles. The molecule has 2 heterocycles. The molecule has 0 bridgehead atoms. The number of benzene rings is 1. The monoisotopic (exact) mass is 355 g/mol. The van der Waals surface area contributed by atoms with Crippen molar-refractivity contribution in [2.75, 3.05) is 18.7 Å². The Labute approximate surface area is 149 Å². The second-order valence-corrected chi connectivity index (χ2v) is 5.95. The van der Waals surface area contributed by atoms with Gasteiger partial charge in [-0.15, -0.1) is 0 Å². The summed E-state index contributed by atoms with van der Waals surface area (Å²) < 4.78 is 6.78. The fraction of sp³-hybridized carbons (Fsp3) is 0.176. The number of ether oxygens (including phenoxy) is 1. The molecule has 0 spiro atoms. The highest BCUT2D eigenvalue weighted by atomic mass is 32.2. The molecular weight excluding hydrogens is 338 g/mol. The van der Waals surface area contributed by atoms with Crippen LogP contribution in [0.2, 0.25) is 0 Å². The lowest BCUT2D eigenvalue weighted by Gasteiger charge is -2.04. The molecule has 0 saturated heterocycles. The summed E-state index contributed by atoms with van der Waals surface area (Å²) in [6, 6.07) is 9.39. The minimum Gasteiger partial charge on any atom is -0.497 e. The Morgan fingerprint density at radius 2 is 1.88 bits per heavy atom. The lowest BCUT2D eigenvalue weighted by atomic mass is 10.1. The van der Waals surface area contributed by atoms with Crippen molar-refractivity contribution in [3.8, 4) is 17.0 Å². The van der Waals surface area contributed by atoms with Crippen molar-refractivity contribution in [1.29, 1.82) is 0 Å². The molecule has 0 aliphatic rings. The molecule has 25 heavy (non-hydrogen) atoms. The van der Waals surface area contributed by atoms with E-state index in [1.807, 2.05) is 36.6 Å². The van der Waals surface area contributed by atoms with Crippen LogP contribution < -0.4 is 10.1 Å². The molecule has 2 aromatic heterocycles. The van der Waals surface area contributed by atoms with Crippen molar-refractivity contribution in [3.63, 3.8) is 0 Å². The van der Waals surface area contributed by atoms with E-state index in [-0.39, 0.29) is 5.91 Å². The molecule has 3 aromatic rings. The van der Waals surface area contributed by atoms with Gasteiger partial charge < -0.3 is 10.1 Å². The second-order valence-electron chi connectivity index (χ2n) is 5.18. The van der Waals surface area contributed by atoms with Gasteiger partial charge in [0.1, 0.15) is 11.6 Å². The fourth-order valence-electron chi connectivity index (χ4n) is 2.21. The van der Waals surface area contributed by atoms with Crippen LogP contribution in [0.5, 0.6) is 5.75 Å². The molecule has 0 unspecified atom stereocenters. The number of carbonyl (C=O) groups is 1. The number of nitrogens with one attached hydrogen (secondary N) is 1. The molecule has 1 aromatic carbocycles. The summed E-state index contributed by atoms with van der Waals surface area (Å²) >= 11 is 1.42. The Morgan fingerprint density at radius 1 is 1.20 bits per heavy atom. The zero-order valence-electron chi connectivity index (χ0n) is 14.1. The summed E-state index contributed by atoms with van der Waals surface area (Å²) in [5.74, 6) is 1.09. The van der Waals surface area contributed by atoms with Crippen LogP contribution in [0.3, 0.4) is 0 Å². The van der Waals surface area contributed by atoms with Crippen LogP contribution in [0.1, 0.15) is 10.4 Å². The van der Waals surface area contributed by atoms with Crippen molar-refractivity contribution in [3.05, 3.63) is 48.3 Å². The van der Waals surface area contributed by atoms with Gasteiger partial charge in [-0.05, 0) is 30.5 Å². The highest BCUT2D eigenvalue weighted by Gasteiger charge is 2.12. The number of carbonyl (C=O) groups excluding carboxylic acids is 1. The minimum absolute atomic E-state index is 0.281. The van der Waals surface area contributed by atoms with Gasteiger partial charge in [-0.25, -0.2) is 9.97 Å². The summed E-state index contributed by atoms with van der Waals surface area (Å²) in [7, 11) is 3.40. The lowest BCUT2D eigenvalue weighted by Crippen LogP contribution is -2.15. The van der Waals surface area contributed by atoms with E-state index in [0.29, 0.717) is 16.5 Å². The maximum atomic E-state index is 12.3. The first-order valence-corrected chi connectivity index (χ1v) is 8.69. The van der Waals surface area contributed by atoms with Crippen LogP contribution in [0, 0.1) is 0 Å². The number of hydrogen-bond acceptors (Lipinski definition) is 6. The largest absolute Gasteiger partial charge is 0.497 e. The van der Waals surface area contributed by atoms with Gasteiger partial charge in [-0.2, -0.15) is 5.10 Å². The van der Waals surface area contributed by atoms with Gasteiger partial charge in [0.05, 0.1) is 18.4 Å². The van der Waals surface area contributed by atoms with Crippen LogP contribution in [-0.4, -0.2) is 39.0 Å². The molecule has 1 amide bonds. The molecule has 7 nitrogen and oxygen atoms in total. The number of rotatable bonds is 5. The van der Waals surface area contributed by atoms with E-state index in [1.165, 1.54) is 24.2 Å². The SMILES string of the molecule is COc1ccc(-c2cc(NC(=O)c3cnc(SC)nc3)n(C)n2)cc1. The number of anilines is 1. The summed E-state index contributed by atoms with van der Waals surface area (Å²) in [4.78, 5) is 20.6. The zero-order chi connectivity index (χ0) is 17.8. The summed E-state index contributed by atoms with van der Waals surface area (Å²) in [5.41, 5.74) is 2.09. The number of aromatic nitrogens is 4. The van der Waals surface area contributed by atoms with E-state index in [9.17, 15) is 4.79 Å². The smallest absolute Gasteiger partial charge is 0.259 e. The number of nitrogens with zero attached hydrogens (tertiary/aromatic N) is 4. The van der Waals surface area contributed by atoms with E-state index >= 15 is 0 Å². The third-order valence-electron chi connectivity index (χ3n) is 3.58. The van der Waals surface area contributed by atoms with Crippen molar-refractivity contribution in [2.24, 2.45) is 7.05 Å². The van der Waals surface area contributed by atoms with Gasteiger partial charge in [-0.1, -0.05) is 11.8 Å². The second kappa shape index (κ2) is 7.35. The first kappa shape index (κ1) is 17.0. The third kappa shape index (κ3) is 3.80. The quantitative estimate of drug-likeness (QED) is 0.560. The molecule has 0 atom stereocenters. The van der Waals surface area contributed by atoms with Gasteiger partial charge in [-0.3, -0.25) is 9.48 Å². The lowest BCUT2D eigenvalue weighted by molar-refractivity contribution is 0.102. The van der Waals surface area contributed by atoms with E-state index in [0.717, 1.165) is 17.0 Å². The predicted octanol–water partition coefficient (Wildman–Crippen LogP) is 2.86. The Hall–Kier alpha value is -2.87. The average Bonchev–Trinajstić information content (AvgIpc) is 3.02. The molecule has 0 saturated carbocycles. The molecule has 0 fully saturated rings. The van der Waals surface area contributed by atoms with Gasteiger partial charge in [0.15, 0.2) is 5.16 Å². The standard InChI is InChI=1S/C17H17N5O2S/c1-22-15(20-16(23)12-9-18-17(25-3)19-10-12)8-14(21-22)11-4-6-13(24-2)7-5-11/h4-10H,1-3H3,(H,20,23). The first-order chi connectivity index (χ1) is 12.1. The van der Waals surface area contributed by atoms with E-state index < -0.39 is 0 Å². The van der Waals surface area contributed by atoms with Gasteiger partial charge in [0.2, 0.25) is 0 Å². The third-order valence-corrected chi connectivity index (χ3v) is 4.16. The molecule has 0 aliphatic heterocycles. The summed E-state index contributed by atoms with van der Waals surface area (Å²) in [6.07, 6.45) is 4.90. The van der Waals surface area contributed by atoms with Crippen molar-refractivity contribution >= 4 is 23.5 Å². The van der Waals surface area contributed by atoms with Crippen LogP contribution in [0.15, 0.2) is 47.9 Å². The fourth-order valence-corrected chi connectivity index (χ4v) is 2.53. The highest BCUT2D eigenvalue weighted by molar-refractivity contribution is 7.98. The molecule has 3 rings (SSSR count). The normalized spacial score (nSPS) is 10.5. The molecule has 1 N–H and O–H groups in total. The highest BCUT2D eigenvalue weighted by Crippen LogP contribution is 2.24. The van der Waals surface area contributed by atoms with E-state index in [2.05, 4.69) is 20.4 Å². The molecular formula is C17H17N5O2S. The van der Waals surface area contributed by atoms with Gasteiger partial charge in [0, 0.05) is 31.1 Å². The van der Waals surface area contributed by atoms with E-state index in [4.69, 9.17) is 4.74 Å². The maximum absolute atomic E-state index is 12.3. The number of aryl methyl sites for hydroxylation is 1. The number of thioether (sulfide) groups is 1. The molecule has 0 radical (unpaired) electrons. The van der Waals surface area contributed by atoms with Crippen LogP contribution in [-0.2, 0) is 7.05 Å². The maximum Gasteiger partial charge on any atom is 0.259 e. The molecule has 128 valence electrons.